The number of rotatable bonds is 6. The second-order valence-corrected chi connectivity index (χ2v) is 6.32. The van der Waals surface area contributed by atoms with Crippen molar-refractivity contribution >= 4 is 30.9 Å². The van der Waals surface area contributed by atoms with Crippen LogP contribution in [0, 0.1) is 0 Å². The highest BCUT2D eigenvalue weighted by molar-refractivity contribution is 7.52. The van der Waals surface area contributed by atoms with Crippen molar-refractivity contribution in [1.29, 1.82) is 0 Å². The molecule has 1 fully saturated rings. The van der Waals surface area contributed by atoms with Gasteiger partial charge in [-0.3, -0.25) is 4.57 Å². The normalized spacial score (nSPS) is 22.2. The predicted molar refractivity (Wildman–Crippen MR) is 65.2 cm³/mol. The predicted octanol–water partition coefficient (Wildman–Crippen LogP) is 1.20. The van der Waals surface area contributed by atoms with Crippen LogP contribution in [0.3, 0.4) is 0 Å². The van der Waals surface area contributed by atoms with Crippen LogP contribution in [0.5, 0.6) is 0 Å². The van der Waals surface area contributed by atoms with Gasteiger partial charge in [0.25, 0.3) is 0 Å². The lowest BCUT2D eigenvalue weighted by Crippen LogP contribution is -2.40. The second-order valence-electron chi connectivity index (χ2n) is 3.41. The Morgan fingerprint density at radius 3 is 2.19 bits per heavy atom. The minimum Gasteiger partial charge on any atom is -0.379 e. The zero-order chi connectivity index (χ0) is 12.0. The molecule has 96 valence electrons. The SMILES string of the molecule is O=P(O)(N(CCCl)CCCl)N1CCOCC1. The maximum atomic E-state index is 12.3. The number of nitrogens with zero attached hydrogens (tertiary/aromatic N) is 2. The Kier molecular flexibility index (Phi) is 6.59. The van der Waals surface area contributed by atoms with Crippen LogP contribution in [0.2, 0.25) is 0 Å². The standard InChI is InChI=1S/C8H17Cl2N2O3P/c9-1-3-11(4-2-10)16(13,14)12-5-7-15-8-6-12/h1-8H2,(H,13,14). The molecule has 1 N–H and O–H groups in total. The number of halogens is 2. The number of hydrogen-bond donors (Lipinski definition) is 1. The third-order valence-electron chi connectivity index (χ3n) is 2.41. The molecule has 0 bridgehead atoms. The fraction of sp³-hybridized carbons (Fsp3) is 1.00. The number of alkyl halides is 2. The van der Waals surface area contributed by atoms with Gasteiger partial charge in [-0.1, -0.05) is 0 Å². The molecule has 0 amide bonds. The maximum Gasteiger partial charge on any atom is 0.343 e. The van der Waals surface area contributed by atoms with E-state index >= 15 is 0 Å². The summed E-state index contributed by atoms with van der Waals surface area (Å²) in [5.74, 6) is 0.623. The van der Waals surface area contributed by atoms with Crippen LogP contribution >= 0.6 is 30.9 Å². The zero-order valence-electron chi connectivity index (χ0n) is 9.02. The average Bonchev–Trinajstić information content (AvgIpc) is 2.30. The lowest BCUT2D eigenvalue weighted by Gasteiger charge is -2.36. The van der Waals surface area contributed by atoms with Gasteiger partial charge < -0.3 is 9.63 Å². The Labute approximate surface area is 106 Å². The molecule has 1 atom stereocenters. The van der Waals surface area contributed by atoms with Crippen LogP contribution < -0.4 is 0 Å². The van der Waals surface area contributed by atoms with Crippen LogP contribution in [-0.2, 0) is 9.30 Å². The largest absolute Gasteiger partial charge is 0.379 e. The van der Waals surface area contributed by atoms with Crippen molar-refractivity contribution in [2.45, 2.75) is 0 Å². The first kappa shape index (κ1) is 14.7. The van der Waals surface area contributed by atoms with E-state index in [1.54, 1.807) is 4.67 Å². The molecule has 1 heterocycles. The van der Waals surface area contributed by atoms with Gasteiger partial charge in [0, 0.05) is 37.9 Å². The van der Waals surface area contributed by atoms with Crippen LogP contribution in [0.4, 0.5) is 0 Å². The van der Waals surface area contributed by atoms with Crippen LogP contribution in [-0.4, -0.2) is 65.4 Å². The first-order valence-corrected chi connectivity index (χ1v) is 7.79. The van der Waals surface area contributed by atoms with Crippen molar-refractivity contribution in [3.63, 3.8) is 0 Å². The summed E-state index contributed by atoms with van der Waals surface area (Å²) >= 11 is 11.2. The highest BCUT2D eigenvalue weighted by Crippen LogP contribution is 2.48. The average molecular weight is 291 g/mol. The van der Waals surface area contributed by atoms with E-state index < -0.39 is 7.67 Å². The topological polar surface area (TPSA) is 53.0 Å². The summed E-state index contributed by atoms with van der Waals surface area (Å²) in [5.41, 5.74) is 0. The zero-order valence-corrected chi connectivity index (χ0v) is 11.4. The monoisotopic (exact) mass is 290 g/mol. The number of ether oxygens (including phenoxy) is 1. The van der Waals surface area contributed by atoms with Gasteiger partial charge in [-0.2, -0.15) is 0 Å². The van der Waals surface area contributed by atoms with Crippen molar-refractivity contribution in [2.75, 3.05) is 51.2 Å². The van der Waals surface area contributed by atoms with Crippen molar-refractivity contribution < 1.29 is 14.2 Å². The molecule has 1 aliphatic heterocycles. The molecule has 0 saturated carbocycles. The fourth-order valence-corrected chi connectivity index (χ4v) is 3.97. The van der Waals surface area contributed by atoms with Gasteiger partial charge in [0.05, 0.1) is 13.2 Å². The van der Waals surface area contributed by atoms with Gasteiger partial charge >= 0.3 is 7.67 Å². The highest BCUT2D eigenvalue weighted by atomic mass is 35.5. The molecular weight excluding hydrogens is 274 g/mol. The Morgan fingerprint density at radius 2 is 1.75 bits per heavy atom. The molecule has 1 saturated heterocycles. The summed E-state index contributed by atoms with van der Waals surface area (Å²) < 4.78 is 20.4. The third-order valence-corrected chi connectivity index (χ3v) is 5.02. The van der Waals surface area contributed by atoms with Crippen molar-refractivity contribution in [3.05, 3.63) is 0 Å². The molecule has 5 nitrogen and oxygen atoms in total. The molecule has 1 aliphatic rings. The van der Waals surface area contributed by atoms with Crippen molar-refractivity contribution in [1.82, 2.24) is 9.34 Å². The summed E-state index contributed by atoms with van der Waals surface area (Å²) in [6.07, 6.45) is 0. The summed E-state index contributed by atoms with van der Waals surface area (Å²) in [5, 5.41) is 0. The molecule has 0 aliphatic carbocycles. The van der Waals surface area contributed by atoms with Gasteiger partial charge in [-0.05, 0) is 0 Å². The van der Waals surface area contributed by atoms with Crippen LogP contribution in [0.25, 0.3) is 0 Å². The fourth-order valence-electron chi connectivity index (χ4n) is 1.56. The van der Waals surface area contributed by atoms with E-state index in [1.165, 1.54) is 4.67 Å². The lowest BCUT2D eigenvalue weighted by molar-refractivity contribution is 0.0629. The van der Waals surface area contributed by atoms with Crippen molar-refractivity contribution in [3.8, 4) is 0 Å². The van der Waals surface area contributed by atoms with Gasteiger partial charge in [0.2, 0.25) is 0 Å². The van der Waals surface area contributed by atoms with Gasteiger partial charge in [-0.25, -0.2) is 9.34 Å². The maximum absolute atomic E-state index is 12.3. The van der Waals surface area contributed by atoms with Crippen molar-refractivity contribution in [2.24, 2.45) is 0 Å². The second kappa shape index (κ2) is 7.17. The Hall–Kier alpha value is 0.650. The molecule has 16 heavy (non-hydrogen) atoms. The molecule has 1 rings (SSSR count). The molecule has 0 spiro atoms. The Morgan fingerprint density at radius 1 is 1.25 bits per heavy atom. The summed E-state index contributed by atoms with van der Waals surface area (Å²) in [4.78, 5) is 10.1. The first-order chi connectivity index (χ1) is 7.62. The van der Waals surface area contributed by atoms with Crippen LogP contribution in [0.15, 0.2) is 0 Å². The summed E-state index contributed by atoms with van der Waals surface area (Å²) in [6.45, 7) is 2.63. The Bertz CT molecular complexity index is 245. The smallest absolute Gasteiger partial charge is 0.343 e. The molecular formula is C8H17Cl2N2O3P. The lowest BCUT2D eigenvalue weighted by atomic mass is 10.5. The van der Waals surface area contributed by atoms with Gasteiger partial charge in [0.15, 0.2) is 0 Å². The summed E-state index contributed by atoms with van der Waals surface area (Å²) in [7, 11) is -3.49. The van der Waals surface area contributed by atoms with E-state index in [9.17, 15) is 9.46 Å². The minimum absolute atomic E-state index is 0.311. The molecule has 0 radical (unpaired) electrons. The molecule has 0 aromatic carbocycles. The van der Waals surface area contributed by atoms with E-state index in [0.717, 1.165) is 0 Å². The van der Waals surface area contributed by atoms with E-state index in [1.807, 2.05) is 0 Å². The quantitative estimate of drug-likeness (QED) is 0.588. The summed E-state index contributed by atoms with van der Waals surface area (Å²) in [6, 6.07) is 0. The number of morpholine rings is 1. The Balaban J connectivity index is 2.66. The number of hydrogen-bond acceptors (Lipinski definition) is 2. The first-order valence-electron chi connectivity index (χ1n) is 5.16. The van der Waals surface area contributed by atoms with Crippen LogP contribution in [0.1, 0.15) is 0 Å². The van der Waals surface area contributed by atoms with E-state index in [0.29, 0.717) is 51.2 Å². The van der Waals surface area contributed by atoms with E-state index in [4.69, 9.17) is 27.9 Å². The molecule has 1 unspecified atom stereocenters. The van der Waals surface area contributed by atoms with Gasteiger partial charge in [0.1, 0.15) is 0 Å². The molecule has 0 aromatic heterocycles. The third kappa shape index (κ3) is 3.84. The van der Waals surface area contributed by atoms with E-state index in [-0.39, 0.29) is 0 Å². The molecule has 8 heteroatoms. The van der Waals surface area contributed by atoms with E-state index in [2.05, 4.69) is 0 Å². The van der Waals surface area contributed by atoms with Gasteiger partial charge in [-0.15, -0.1) is 23.2 Å². The molecule has 0 aromatic rings. The minimum atomic E-state index is -3.49. The highest BCUT2D eigenvalue weighted by Gasteiger charge is 2.35.